The fourth-order valence-corrected chi connectivity index (χ4v) is 10.5. The van der Waals surface area contributed by atoms with E-state index in [0.29, 0.717) is 6.42 Å². The van der Waals surface area contributed by atoms with E-state index in [-0.39, 0.29) is 12.5 Å². The molecule has 1 fully saturated rings. The lowest BCUT2D eigenvalue weighted by Gasteiger charge is -2.40. The number of hydrogen-bond acceptors (Lipinski definition) is 8. The van der Waals surface area contributed by atoms with Gasteiger partial charge in [-0.15, -0.1) is 0 Å². The number of unbranched alkanes of at least 4 members (excludes halogenated alkanes) is 40. The molecule has 1 amide bonds. The quantitative estimate of drug-likeness (QED) is 0.0261. The highest BCUT2D eigenvalue weighted by molar-refractivity contribution is 5.76. The van der Waals surface area contributed by atoms with Crippen molar-refractivity contribution in [3.63, 3.8) is 0 Å². The van der Waals surface area contributed by atoms with E-state index in [0.717, 1.165) is 51.4 Å². The van der Waals surface area contributed by atoms with Crippen LogP contribution >= 0.6 is 0 Å². The number of nitrogens with one attached hydrogen (secondary N) is 1. The van der Waals surface area contributed by atoms with E-state index in [1.807, 2.05) is 6.08 Å². The highest BCUT2D eigenvalue weighted by atomic mass is 16.7. The third kappa shape index (κ3) is 46.5. The van der Waals surface area contributed by atoms with Crippen molar-refractivity contribution in [1.29, 1.82) is 0 Å². The van der Waals surface area contributed by atoms with Gasteiger partial charge < -0.3 is 40.3 Å². The van der Waals surface area contributed by atoms with E-state index in [9.17, 15) is 30.3 Å². The van der Waals surface area contributed by atoms with Gasteiger partial charge in [0.1, 0.15) is 24.4 Å². The van der Waals surface area contributed by atoms with E-state index in [2.05, 4.69) is 67.8 Å². The Hall–Kier alpha value is -2.11. The molecule has 1 aliphatic heterocycles. The van der Waals surface area contributed by atoms with Crippen molar-refractivity contribution in [2.24, 2.45) is 0 Å². The van der Waals surface area contributed by atoms with Crippen LogP contribution in [0.25, 0.3) is 0 Å². The van der Waals surface area contributed by atoms with E-state index in [4.69, 9.17) is 9.47 Å². The first-order chi connectivity index (χ1) is 38.3. The first-order valence-corrected chi connectivity index (χ1v) is 33.5. The van der Waals surface area contributed by atoms with Gasteiger partial charge in [-0.05, 0) is 77.0 Å². The molecule has 1 saturated heterocycles. The molecule has 0 bridgehead atoms. The Labute approximate surface area is 481 Å². The first kappa shape index (κ1) is 73.9. The molecule has 456 valence electrons. The fourth-order valence-electron chi connectivity index (χ4n) is 10.5. The topological polar surface area (TPSA) is 149 Å². The summed E-state index contributed by atoms with van der Waals surface area (Å²) >= 11 is 0. The number of carbonyl (C=O) groups excluding carboxylic acids is 1. The molecule has 0 radical (unpaired) electrons. The molecule has 0 aromatic carbocycles. The second-order valence-corrected chi connectivity index (χ2v) is 23.2. The zero-order valence-electron chi connectivity index (χ0n) is 50.9. The molecule has 1 heterocycles. The number of rotatable bonds is 58. The summed E-state index contributed by atoms with van der Waals surface area (Å²) in [5.74, 6) is -0.188. The van der Waals surface area contributed by atoms with Gasteiger partial charge in [0.25, 0.3) is 0 Å². The summed E-state index contributed by atoms with van der Waals surface area (Å²) in [6, 6.07) is -0.831. The number of amides is 1. The highest BCUT2D eigenvalue weighted by Crippen LogP contribution is 2.23. The summed E-state index contributed by atoms with van der Waals surface area (Å²) in [7, 11) is 0. The predicted molar refractivity (Wildman–Crippen MR) is 332 cm³/mol. The third-order valence-electron chi connectivity index (χ3n) is 15.8. The minimum Gasteiger partial charge on any atom is -0.394 e. The normalized spacial score (nSPS) is 19.0. The molecule has 7 unspecified atom stereocenters. The fraction of sp³-hybridized carbons (Fsp3) is 0.841. The van der Waals surface area contributed by atoms with Crippen molar-refractivity contribution in [2.75, 3.05) is 13.2 Å². The number of aliphatic hydroxyl groups excluding tert-OH is 5. The van der Waals surface area contributed by atoms with Crippen LogP contribution in [0.5, 0.6) is 0 Å². The molecule has 0 aromatic rings. The van der Waals surface area contributed by atoms with Crippen LogP contribution < -0.4 is 5.32 Å². The largest absolute Gasteiger partial charge is 0.394 e. The second kappa shape index (κ2) is 58.1. The number of ether oxygens (including phenoxy) is 2. The Kier molecular flexibility index (Phi) is 55.0. The minimum atomic E-state index is -1.58. The van der Waals surface area contributed by atoms with Crippen LogP contribution in [0.15, 0.2) is 60.8 Å². The maximum absolute atomic E-state index is 13.1. The van der Waals surface area contributed by atoms with Crippen molar-refractivity contribution in [2.45, 2.75) is 358 Å². The van der Waals surface area contributed by atoms with Crippen molar-refractivity contribution in [3.8, 4) is 0 Å². The lowest BCUT2D eigenvalue weighted by Crippen LogP contribution is -2.60. The standard InChI is InChI=1S/C69H127NO8/c1-3-5-7-9-11-13-15-17-19-21-23-25-27-29-31-33-34-36-38-40-42-44-46-48-50-52-54-56-58-63(72)62(61-77-69-68(76)67(75)66(74)64(60-71)78-69)70-65(73)59-57-55-53-51-49-47-45-43-41-39-37-35-32-30-28-26-24-22-20-18-16-14-12-10-8-6-4-2/h16,18,22,24,40,42,48,50,56,58,62-64,66-69,71-72,74-76H,3-15,17,19-21,23,25-39,41,43-47,49,51-55,57,59-61H2,1-2H3,(H,70,73)/b18-16-,24-22-,42-40+,50-48+,58-56+. The summed E-state index contributed by atoms with van der Waals surface area (Å²) in [5.41, 5.74) is 0. The van der Waals surface area contributed by atoms with Crippen LogP contribution in [0.1, 0.15) is 316 Å². The second-order valence-electron chi connectivity index (χ2n) is 23.2. The molecule has 6 N–H and O–H groups in total. The van der Waals surface area contributed by atoms with Crippen molar-refractivity contribution < 1.29 is 39.8 Å². The zero-order chi connectivity index (χ0) is 56.5. The van der Waals surface area contributed by atoms with Crippen molar-refractivity contribution >= 4 is 5.91 Å². The molecule has 0 saturated carbocycles. The maximum Gasteiger partial charge on any atom is 0.220 e. The predicted octanol–water partition coefficient (Wildman–Crippen LogP) is 17.8. The molecule has 0 aliphatic carbocycles. The Morgan fingerprint density at radius 2 is 0.769 bits per heavy atom. The zero-order valence-corrected chi connectivity index (χ0v) is 50.9. The number of aliphatic hydroxyl groups is 5. The van der Waals surface area contributed by atoms with Gasteiger partial charge in [-0.3, -0.25) is 4.79 Å². The van der Waals surface area contributed by atoms with Crippen LogP contribution in [0, 0.1) is 0 Å². The maximum atomic E-state index is 13.1. The van der Waals surface area contributed by atoms with Crippen molar-refractivity contribution in [1.82, 2.24) is 5.32 Å². The molecule has 9 nitrogen and oxygen atoms in total. The lowest BCUT2D eigenvalue weighted by molar-refractivity contribution is -0.302. The monoisotopic (exact) mass is 1100 g/mol. The van der Waals surface area contributed by atoms with Crippen LogP contribution in [-0.2, 0) is 14.3 Å². The highest BCUT2D eigenvalue weighted by Gasteiger charge is 2.44. The van der Waals surface area contributed by atoms with Gasteiger partial charge >= 0.3 is 0 Å². The summed E-state index contributed by atoms with van der Waals surface area (Å²) in [4.78, 5) is 13.1. The van der Waals surface area contributed by atoms with Gasteiger partial charge in [0.15, 0.2) is 6.29 Å². The van der Waals surface area contributed by atoms with Crippen LogP contribution in [-0.4, -0.2) is 87.5 Å². The molecule has 78 heavy (non-hydrogen) atoms. The Morgan fingerprint density at radius 1 is 0.436 bits per heavy atom. The summed E-state index contributed by atoms with van der Waals surface area (Å²) in [5, 5.41) is 54.7. The Morgan fingerprint density at radius 3 is 1.15 bits per heavy atom. The van der Waals surface area contributed by atoms with Crippen LogP contribution in [0.2, 0.25) is 0 Å². The average Bonchev–Trinajstić information content (AvgIpc) is 3.45. The lowest BCUT2D eigenvalue weighted by atomic mass is 9.99. The van der Waals surface area contributed by atoms with E-state index >= 15 is 0 Å². The van der Waals surface area contributed by atoms with Gasteiger partial charge in [0.05, 0.1) is 25.4 Å². The number of carbonyl (C=O) groups is 1. The third-order valence-corrected chi connectivity index (χ3v) is 15.8. The van der Waals surface area contributed by atoms with Gasteiger partial charge in [-0.25, -0.2) is 0 Å². The molecular formula is C69H127NO8. The van der Waals surface area contributed by atoms with E-state index < -0.39 is 49.5 Å². The molecule has 9 heteroatoms. The average molecular weight is 1100 g/mol. The van der Waals surface area contributed by atoms with Gasteiger partial charge in [-0.2, -0.15) is 0 Å². The smallest absolute Gasteiger partial charge is 0.220 e. The summed E-state index contributed by atoms with van der Waals surface area (Å²) < 4.78 is 11.3. The molecule has 0 spiro atoms. The molecule has 0 aromatic heterocycles. The van der Waals surface area contributed by atoms with Crippen LogP contribution in [0.4, 0.5) is 0 Å². The summed E-state index contributed by atoms with van der Waals surface area (Å²) in [6.07, 6.45) is 73.2. The van der Waals surface area contributed by atoms with Gasteiger partial charge in [0, 0.05) is 6.42 Å². The Balaban J connectivity index is 2.19. The SMILES string of the molecule is CCCCCCC/C=C\C/C=C\CCCCCCCCCCCCCCCCCC(=O)NC(COC1OC(CO)C(O)C(O)C1O)C(O)/C=C/CC/C=C/CC/C=C/CCCCCCCCCCCCCCCCCCCC. The molecular weight excluding hydrogens is 971 g/mol. The van der Waals surface area contributed by atoms with E-state index in [1.54, 1.807) is 6.08 Å². The summed E-state index contributed by atoms with van der Waals surface area (Å²) in [6.45, 7) is 3.78. The number of allylic oxidation sites excluding steroid dienone is 9. The van der Waals surface area contributed by atoms with Gasteiger partial charge in [-0.1, -0.05) is 293 Å². The first-order valence-electron chi connectivity index (χ1n) is 33.5. The molecule has 1 rings (SSSR count). The minimum absolute atomic E-state index is 0.188. The molecule has 1 aliphatic rings. The Bertz CT molecular complexity index is 1410. The van der Waals surface area contributed by atoms with Gasteiger partial charge in [0.2, 0.25) is 5.91 Å². The number of hydrogen-bond donors (Lipinski definition) is 6. The van der Waals surface area contributed by atoms with E-state index in [1.165, 1.54) is 244 Å². The van der Waals surface area contributed by atoms with Crippen molar-refractivity contribution in [3.05, 3.63) is 60.8 Å². The van der Waals surface area contributed by atoms with Crippen LogP contribution in [0.3, 0.4) is 0 Å². The molecule has 7 atom stereocenters.